The number of fused-ring (bicyclic) bond motifs is 1. The van der Waals surface area contributed by atoms with Crippen LogP contribution >= 0.6 is 0 Å². The molecule has 0 radical (unpaired) electrons. The van der Waals surface area contributed by atoms with Crippen molar-refractivity contribution in [3.63, 3.8) is 0 Å². The van der Waals surface area contributed by atoms with Gasteiger partial charge in [-0.1, -0.05) is 6.92 Å². The van der Waals surface area contributed by atoms with Crippen LogP contribution in [0, 0.1) is 0 Å². The van der Waals surface area contributed by atoms with Gasteiger partial charge in [0.2, 0.25) is 0 Å². The van der Waals surface area contributed by atoms with E-state index in [1.807, 2.05) is 54.6 Å². The van der Waals surface area contributed by atoms with E-state index in [-0.39, 0.29) is 5.75 Å². The first-order chi connectivity index (χ1) is 14.7. The van der Waals surface area contributed by atoms with Crippen molar-refractivity contribution in [1.82, 2.24) is 0 Å². The molecule has 0 saturated heterocycles. The molecule has 5 nitrogen and oxygen atoms in total. The zero-order valence-electron chi connectivity index (χ0n) is 17.0. The van der Waals surface area contributed by atoms with Crippen LogP contribution in [-0.4, -0.2) is 18.8 Å². The van der Waals surface area contributed by atoms with Crippen LogP contribution in [0.15, 0.2) is 82.2 Å². The molecule has 0 aliphatic rings. The molecule has 0 fully saturated rings. The second kappa shape index (κ2) is 8.74. The molecular weight excluding hydrogens is 378 g/mol. The number of phenols is 1. The van der Waals surface area contributed by atoms with Gasteiger partial charge in [-0.3, -0.25) is 0 Å². The van der Waals surface area contributed by atoms with Gasteiger partial charge in [-0.15, -0.1) is 0 Å². The zero-order chi connectivity index (χ0) is 20.9. The molecule has 5 heteroatoms. The highest BCUT2D eigenvalue weighted by atomic mass is 16.5. The summed E-state index contributed by atoms with van der Waals surface area (Å²) >= 11 is 0. The Kier molecular flexibility index (Phi) is 5.70. The van der Waals surface area contributed by atoms with Crippen LogP contribution in [0.1, 0.15) is 13.3 Å². The number of ether oxygens (including phenoxy) is 2. The molecule has 0 aliphatic carbocycles. The second-order valence-electron chi connectivity index (χ2n) is 6.86. The molecule has 4 aromatic rings. The largest absolute Gasteiger partial charge is 0.508 e. The van der Waals surface area contributed by atoms with Crippen molar-refractivity contribution in [3.8, 4) is 28.6 Å². The number of hydrogen-bond acceptors (Lipinski definition) is 5. The molecule has 0 bridgehead atoms. The highest BCUT2D eigenvalue weighted by Crippen LogP contribution is 2.26. The molecule has 1 N–H and O–H groups in total. The Morgan fingerprint density at radius 1 is 0.900 bits per heavy atom. The van der Waals surface area contributed by atoms with Crippen LogP contribution in [0.25, 0.3) is 22.3 Å². The monoisotopic (exact) mass is 401 g/mol. The summed E-state index contributed by atoms with van der Waals surface area (Å²) in [7, 11) is 1.64. The van der Waals surface area contributed by atoms with Crippen LogP contribution < -0.4 is 14.8 Å². The van der Waals surface area contributed by atoms with E-state index in [2.05, 4.69) is 6.92 Å². The van der Waals surface area contributed by atoms with Gasteiger partial charge >= 0.3 is 0 Å². The van der Waals surface area contributed by atoms with Crippen molar-refractivity contribution < 1.29 is 19.0 Å². The fourth-order valence-corrected chi connectivity index (χ4v) is 3.12. The average molecular weight is 401 g/mol. The van der Waals surface area contributed by atoms with Gasteiger partial charge in [0.1, 0.15) is 28.6 Å². The Labute approximate surface area is 174 Å². The summed E-state index contributed by atoms with van der Waals surface area (Å²) in [6, 6.07) is 22.2. The van der Waals surface area contributed by atoms with E-state index < -0.39 is 0 Å². The maximum Gasteiger partial charge on any atom is 0.137 e. The summed E-state index contributed by atoms with van der Waals surface area (Å²) in [4.78, 5) is 4.80. The lowest BCUT2D eigenvalue weighted by Crippen LogP contribution is -2.03. The van der Waals surface area contributed by atoms with E-state index in [1.165, 1.54) is 0 Å². The number of aromatic hydroxyl groups is 1. The zero-order valence-corrected chi connectivity index (χ0v) is 17.0. The minimum absolute atomic E-state index is 0.162. The third kappa shape index (κ3) is 4.30. The predicted molar refractivity (Wildman–Crippen MR) is 117 cm³/mol. The lowest BCUT2D eigenvalue weighted by molar-refractivity contribution is 0.317. The molecule has 152 valence electrons. The van der Waals surface area contributed by atoms with E-state index >= 15 is 0 Å². The number of benzene rings is 3. The first-order valence-electron chi connectivity index (χ1n) is 9.85. The third-order valence-electron chi connectivity index (χ3n) is 4.66. The molecule has 0 aliphatic heterocycles. The van der Waals surface area contributed by atoms with Gasteiger partial charge in [-0.2, -0.15) is 0 Å². The highest BCUT2D eigenvalue weighted by molar-refractivity contribution is 5.80. The second-order valence-corrected chi connectivity index (χ2v) is 6.86. The van der Waals surface area contributed by atoms with Gasteiger partial charge in [0.25, 0.3) is 0 Å². The van der Waals surface area contributed by atoms with Crippen molar-refractivity contribution in [2.75, 3.05) is 13.7 Å². The maximum atomic E-state index is 9.97. The summed E-state index contributed by atoms with van der Waals surface area (Å²) in [5, 5.41) is 11.4. The van der Waals surface area contributed by atoms with Crippen LogP contribution in [0.5, 0.6) is 17.2 Å². The molecule has 0 unspecified atom stereocenters. The van der Waals surface area contributed by atoms with Crippen LogP contribution in [-0.2, 0) is 0 Å². The Morgan fingerprint density at radius 3 is 2.33 bits per heavy atom. The van der Waals surface area contributed by atoms with Gasteiger partial charge in [0, 0.05) is 17.0 Å². The molecule has 3 aromatic carbocycles. The number of rotatable bonds is 6. The van der Waals surface area contributed by atoms with E-state index in [0.717, 1.165) is 34.6 Å². The number of phenolic OH excluding ortho intramolecular Hbond substituents is 1. The summed E-state index contributed by atoms with van der Waals surface area (Å²) in [6.07, 6.45) is 0.962. The first kappa shape index (κ1) is 19.6. The number of methoxy groups -OCH3 is 1. The summed E-state index contributed by atoms with van der Waals surface area (Å²) in [6.45, 7) is 2.76. The standard InChI is InChI=1S/C25H23NO4/c1-3-14-29-21-11-6-18(7-12-21)26-23-16-25(17-4-9-20(28-2)10-5-17)30-24-13-8-19(27)15-22(23)24/h4-13,15-16,27H,3,14H2,1-2H3. The summed E-state index contributed by atoms with van der Waals surface area (Å²) < 4.78 is 17.0. The molecule has 0 spiro atoms. The van der Waals surface area contributed by atoms with Crippen molar-refractivity contribution >= 4 is 16.7 Å². The molecule has 4 rings (SSSR count). The molecule has 0 atom stereocenters. The predicted octanol–water partition coefficient (Wildman–Crippen LogP) is 5.84. The van der Waals surface area contributed by atoms with Crippen molar-refractivity contribution in [2.24, 2.45) is 4.99 Å². The van der Waals surface area contributed by atoms with Gasteiger partial charge < -0.3 is 19.0 Å². The van der Waals surface area contributed by atoms with Crippen LogP contribution in [0.3, 0.4) is 0 Å². The SMILES string of the molecule is CCCOc1ccc(N=c2cc(-c3ccc(OC)cc3)oc3ccc(O)cc23)cc1. The molecule has 0 saturated carbocycles. The van der Waals surface area contributed by atoms with E-state index in [4.69, 9.17) is 18.9 Å². The van der Waals surface area contributed by atoms with E-state index in [0.29, 0.717) is 23.3 Å². The lowest BCUT2D eigenvalue weighted by Gasteiger charge is -2.07. The molecule has 0 amide bonds. The smallest absolute Gasteiger partial charge is 0.137 e. The summed E-state index contributed by atoms with van der Waals surface area (Å²) in [5.41, 5.74) is 2.34. The fraction of sp³-hybridized carbons (Fsp3) is 0.160. The van der Waals surface area contributed by atoms with Gasteiger partial charge in [0.05, 0.1) is 24.8 Å². The number of hydrogen-bond donors (Lipinski definition) is 1. The topological polar surface area (TPSA) is 64.2 Å². The van der Waals surface area contributed by atoms with Crippen molar-refractivity contribution in [1.29, 1.82) is 0 Å². The Bertz CT molecular complexity index is 1210. The highest BCUT2D eigenvalue weighted by Gasteiger charge is 2.08. The maximum absolute atomic E-state index is 9.97. The third-order valence-corrected chi connectivity index (χ3v) is 4.66. The number of nitrogens with zero attached hydrogens (tertiary/aromatic N) is 1. The van der Waals surface area contributed by atoms with E-state index in [1.54, 1.807) is 25.3 Å². The molecule has 1 aromatic heterocycles. The first-order valence-corrected chi connectivity index (χ1v) is 9.85. The Balaban J connectivity index is 1.82. The van der Waals surface area contributed by atoms with Gasteiger partial charge in [-0.25, -0.2) is 4.99 Å². The average Bonchev–Trinajstić information content (AvgIpc) is 2.79. The normalized spacial score (nSPS) is 11.6. The van der Waals surface area contributed by atoms with Crippen LogP contribution in [0.2, 0.25) is 0 Å². The summed E-state index contributed by atoms with van der Waals surface area (Å²) in [5.74, 6) is 2.44. The van der Waals surface area contributed by atoms with Gasteiger partial charge in [0.15, 0.2) is 0 Å². The Morgan fingerprint density at radius 2 is 1.63 bits per heavy atom. The fourth-order valence-electron chi connectivity index (χ4n) is 3.12. The minimum atomic E-state index is 0.162. The quantitative estimate of drug-likeness (QED) is 0.441. The van der Waals surface area contributed by atoms with E-state index in [9.17, 15) is 5.11 Å². The molecule has 1 heterocycles. The van der Waals surface area contributed by atoms with Crippen molar-refractivity contribution in [2.45, 2.75) is 13.3 Å². The van der Waals surface area contributed by atoms with Gasteiger partial charge in [-0.05, 0) is 73.2 Å². The molecular formula is C25H23NO4. The van der Waals surface area contributed by atoms with Crippen molar-refractivity contribution in [3.05, 3.63) is 78.2 Å². The Hall–Kier alpha value is -3.73. The van der Waals surface area contributed by atoms with Crippen LogP contribution in [0.4, 0.5) is 5.69 Å². The minimum Gasteiger partial charge on any atom is -0.508 e. The lowest BCUT2D eigenvalue weighted by atomic mass is 10.1. The molecule has 30 heavy (non-hydrogen) atoms.